The molecule has 0 saturated carbocycles. The summed E-state index contributed by atoms with van der Waals surface area (Å²) in [4.78, 5) is 40.8. The van der Waals surface area contributed by atoms with Gasteiger partial charge >= 0.3 is 5.97 Å². The van der Waals surface area contributed by atoms with Crippen LogP contribution in [0.3, 0.4) is 0 Å². The largest absolute Gasteiger partial charge is 0.478 e. The van der Waals surface area contributed by atoms with Gasteiger partial charge < -0.3 is 15.3 Å². The fourth-order valence-corrected chi connectivity index (χ4v) is 3.61. The maximum atomic E-state index is 13.2. The molecule has 0 aromatic heterocycles. The van der Waals surface area contributed by atoms with E-state index in [1.165, 1.54) is 6.92 Å². The van der Waals surface area contributed by atoms with Gasteiger partial charge in [0.1, 0.15) is 6.04 Å². The molecule has 2 amide bonds. The third-order valence-electron chi connectivity index (χ3n) is 5.54. The second kappa shape index (κ2) is 10.6. The maximum Gasteiger partial charge on any atom is 0.331 e. The highest BCUT2D eigenvalue weighted by Gasteiger charge is 2.34. The zero-order valence-electron chi connectivity index (χ0n) is 18.4. The number of nitrogens with zero attached hydrogens (tertiary/aromatic N) is 2. The lowest BCUT2D eigenvalue weighted by atomic mass is 9.96. The molecule has 0 aliphatic carbocycles. The third kappa shape index (κ3) is 6.33. The van der Waals surface area contributed by atoms with Crippen molar-refractivity contribution in [3.05, 3.63) is 11.6 Å². The van der Waals surface area contributed by atoms with Gasteiger partial charge in [-0.3, -0.25) is 14.5 Å². The van der Waals surface area contributed by atoms with Gasteiger partial charge in [0.2, 0.25) is 11.8 Å². The van der Waals surface area contributed by atoms with Crippen LogP contribution in [0, 0.1) is 11.8 Å². The van der Waals surface area contributed by atoms with Crippen molar-refractivity contribution in [2.45, 2.75) is 72.0 Å². The molecule has 1 saturated heterocycles. The van der Waals surface area contributed by atoms with Gasteiger partial charge in [-0.25, -0.2) is 4.79 Å². The summed E-state index contributed by atoms with van der Waals surface area (Å²) < 4.78 is 0. The zero-order valence-corrected chi connectivity index (χ0v) is 18.4. The number of aliphatic carboxylic acids is 1. The van der Waals surface area contributed by atoms with Gasteiger partial charge in [0.05, 0.1) is 12.1 Å². The van der Waals surface area contributed by atoms with Crippen LogP contribution < -0.4 is 5.32 Å². The number of carbonyl (C=O) groups is 3. The number of carbonyl (C=O) groups excluding carboxylic acids is 2. The smallest absolute Gasteiger partial charge is 0.331 e. The van der Waals surface area contributed by atoms with Crippen molar-refractivity contribution in [3.63, 3.8) is 0 Å². The molecule has 1 fully saturated rings. The molecule has 1 unspecified atom stereocenters. The zero-order chi connectivity index (χ0) is 21.6. The van der Waals surface area contributed by atoms with Crippen molar-refractivity contribution >= 4 is 17.8 Å². The van der Waals surface area contributed by atoms with Crippen molar-refractivity contribution in [1.29, 1.82) is 0 Å². The molecule has 0 radical (unpaired) electrons. The Hall–Kier alpha value is -1.89. The van der Waals surface area contributed by atoms with E-state index in [9.17, 15) is 19.5 Å². The number of carboxylic acids is 1. The first-order valence-corrected chi connectivity index (χ1v) is 10.2. The van der Waals surface area contributed by atoms with E-state index in [-0.39, 0.29) is 41.3 Å². The lowest BCUT2D eigenvalue weighted by Crippen LogP contribution is -2.57. The highest BCUT2D eigenvalue weighted by atomic mass is 16.4. The van der Waals surface area contributed by atoms with Crippen LogP contribution in [-0.4, -0.2) is 71.5 Å². The first-order valence-electron chi connectivity index (χ1n) is 10.2. The first kappa shape index (κ1) is 24.1. The number of carboxylic acid groups (broad SMARTS) is 1. The Morgan fingerprint density at radius 1 is 1.14 bits per heavy atom. The molecule has 0 bridgehead atoms. The Labute approximate surface area is 169 Å². The predicted octanol–water partition coefficient (Wildman–Crippen LogP) is 2.13. The monoisotopic (exact) mass is 395 g/mol. The summed E-state index contributed by atoms with van der Waals surface area (Å²) in [7, 11) is 3.61. The van der Waals surface area contributed by atoms with E-state index in [0.29, 0.717) is 0 Å². The number of nitrogens with one attached hydrogen (secondary N) is 1. The van der Waals surface area contributed by atoms with E-state index in [0.717, 1.165) is 25.8 Å². The second-order valence-corrected chi connectivity index (χ2v) is 8.56. The Balaban J connectivity index is 2.99. The van der Waals surface area contributed by atoms with Gasteiger partial charge in [-0.2, -0.15) is 0 Å². The summed E-state index contributed by atoms with van der Waals surface area (Å²) in [5, 5.41) is 12.1. The van der Waals surface area contributed by atoms with Crippen LogP contribution in [0.5, 0.6) is 0 Å². The van der Waals surface area contributed by atoms with E-state index in [1.807, 2.05) is 39.6 Å². The van der Waals surface area contributed by atoms with E-state index < -0.39 is 12.0 Å². The van der Waals surface area contributed by atoms with Crippen molar-refractivity contribution < 1.29 is 19.5 Å². The van der Waals surface area contributed by atoms with E-state index >= 15 is 0 Å². The predicted molar refractivity (Wildman–Crippen MR) is 110 cm³/mol. The molecule has 1 heterocycles. The van der Waals surface area contributed by atoms with Gasteiger partial charge in [0, 0.05) is 12.6 Å². The molecule has 160 valence electrons. The van der Waals surface area contributed by atoms with Crippen molar-refractivity contribution in [2.75, 3.05) is 20.6 Å². The van der Waals surface area contributed by atoms with Crippen molar-refractivity contribution in [2.24, 2.45) is 11.8 Å². The van der Waals surface area contributed by atoms with Crippen LogP contribution in [0.15, 0.2) is 11.6 Å². The minimum absolute atomic E-state index is 0.0382. The summed E-state index contributed by atoms with van der Waals surface area (Å²) in [6, 6.07) is -1.21. The first-order chi connectivity index (χ1) is 13.0. The van der Waals surface area contributed by atoms with Crippen LogP contribution in [0.25, 0.3) is 0 Å². The molecule has 2 N–H and O–H groups in total. The van der Waals surface area contributed by atoms with Crippen molar-refractivity contribution in [1.82, 2.24) is 15.1 Å². The number of hydrogen-bond donors (Lipinski definition) is 2. The quantitative estimate of drug-likeness (QED) is 0.615. The summed E-state index contributed by atoms with van der Waals surface area (Å²) in [5.41, 5.74) is 0.201. The third-order valence-corrected chi connectivity index (χ3v) is 5.54. The maximum absolute atomic E-state index is 13.2. The van der Waals surface area contributed by atoms with Gasteiger partial charge in [0.25, 0.3) is 0 Å². The normalized spacial score (nSPS) is 20.8. The van der Waals surface area contributed by atoms with E-state index in [2.05, 4.69) is 5.32 Å². The van der Waals surface area contributed by atoms with Crippen LogP contribution in [0.4, 0.5) is 0 Å². The molecule has 7 heteroatoms. The summed E-state index contributed by atoms with van der Waals surface area (Å²) >= 11 is 0. The summed E-state index contributed by atoms with van der Waals surface area (Å²) in [5.74, 6) is -1.35. The molecular formula is C21H37N3O4. The molecule has 28 heavy (non-hydrogen) atoms. The number of hydrogen-bond acceptors (Lipinski definition) is 4. The Kier molecular flexibility index (Phi) is 9.14. The summed E-state index contributed by atoms with van der Waals surface area (Å²) in [6.07, 6.45) is 4.50. The van der Waals surface area contributed by atoms with Crippen LogP contribution in [0.2, 0.25) is 0 Å². The van der Waals surface area contributed by atoms with E-state index in [4.69, 9.17) is 0 Å². The minimum Gasteiger partial charge on any atom is -0.478 e. The Morgan fingerprint density at radius 2 is 1.75 bits per heavy atom. The number of likely N-dealkylation sites (tertiary alicyclic amines) is 1. The van der Waals surface area contributed by atoms with E-state index in [1.54, 1.807) is 18.0 Å². The molecule has 0 aromatic carbocycles. The van der Waals surface area contributed by atoms with Gasteiger partial charge in [-0.1, -0.05) is 40.2 Å². The lowest BCUT2D eigenvalue weighted by molar-refractivity contribution is -0.140. The van der Waals surface area contributed by atoms with Crippen molar-refractivity contribution in [3.8, 4) is 0 Å². The van der Waals surface area contributed by atoms with Crippen LogP contribution in [-0.2, 0) is 14.4 Å². The second-order valence-electron chi connectivity index (χ2n) is 8.56. The van der Waals surface area contributed by atoms with Gasteiger partial charge in [-0.15, -0.1) is 0 Å². The molecule has 1 rings (SSSR count). The topological polar surface area (TPSA) is 90.0 Å². The molecule has 0 aromatic rings. The average Bonchev–Trinajstić information content (AvgIpc) is 2.62. The lowest BCUT2D eigenvalue weighted by Gasteiger charge is -2.36. The highest BCUT2D eigenvalue weighted by Crippen LogP contribution is 2.19. The molecule has 7 nitrogen and oxygen atoms in total. The van der Waals surface area contributed by atoms with Gasteiger partial charge in [-0.05, 0) is 45.2 Å². The van der Waals surface area contributed by atoms with Crippen LogP contribution >= 0.6 is 0 Å². The average molecular weight is 396 g/mol. The fourth-order valence-electron chi connectivity index (χ4n) is 3.61. The van der Waals surface area contributed by atoms with Gasteiger partial charge in [0.15, 0.2) is 0 Å². The minimum atomic E-state index is -0.999. The highest BCUT2D eigenvalue weighted by molar-refractivity contribution is 5.90. The standard InChI is InChI=1S/C21H37N3O4/c1-13(2)17(12-15(5)21(27)28)24(7)20(26)18(14(3)4)22-19(25)16-10-8-9-11-23(16)6/h12-14,16-18H,8-11H2,1-7H3,(H,22,25)(H,27,28)/b15-12+/t16?,17-,18+/m1/s1. The number of piperidine rings is 1. The molecule has 1 aliphatic rings. The Morgan fingerprint density at radius 3 is 2.21 bits per heavy atom. The number of rotatable bonds is 8. The van der Waals surface area contributed by atoms with Crippen LogP contribution in [0.1, 0.15) is 53.9 Å². The molecule has 1 aliphatic heterocycles. The number of likely N-dealkylation sites (N-methyl/N-ethyl adjacent to an activating group) is 2. The number of amides is 2. The molecule has 3 atom stereocenters. The molecular weight excluding hydrogens is 358 g/mol. The fraction of sp³-hybridized carbons (Fsp3) is 0.762. The molecule has 0 spiro atoms. The summed E-state index contributed by atoms with van der Waals surface area (Å²) in [6.45, 7) is 10.1. The Bertz CT molecular complexity index is 600. The SMILES string of the molecule is C/C(=C\[C@H](C(C)C)N(C)C(=O)[C@@H](NC(=O)C1CCCCN1C)C(C)C)C(=O)O.